The maximum atomic E-state index is 4.63. The van der Waals surface area contributed by atoms with Gasteiger partial charge in [0.1, 0.15) is 0 Å². The quantitative estimate of drug-likeness (QED) is 0.811. The van der Waals surface area contributed by atoms with E-state index in [4.69, 9.17) is 0 Å². The van der Waals surface area contributed by atoms with Crippen LogP contribution < -0.4 is 5.32 Å². The van der Waals surface area contributed by atoms with Crippen molar-refractivity contribution >= 4 is 0 Å². The van der Waals surface area contributed by atoms with Gasteiger partial charge >= 0.3 is 0 Å². The fourth-order valence-electron chi connectivity index (χ4n) is 2.82. The topological polar surface area (TPSA) is 29.9 Å². The molecule has 0 aliphatic heterocycles. The molecular formula is C15H25N3. The first kappa shape index (κ1) is 13.3. The summed E-state index contributed by atoms with van der Waals surface area (Å²) in [4.78, 5) is 0. The van der Waals surface area contributed by atoms with E-state index in [0.29, 0.717) is 6.04 Å². The third kappa shape index (κ3) is 2.83. The Morgan fingerprint density at radius 1 is 1.33 bits per heavy atom. The number of nitrogens with zero attached hydrogens (tertiary/aromatic N) is 2. The van der Waals surface area contributed by atoms with Crippen LogP contribution in [0.15, 0.2) is 12.2 Å². The molecule has 1 aliphatic carbocycles. The number of aromatic nitrogens is 2. The summed E-state index contributed by atoms with van der Waals surface area (Å²) in [6.45, 7) is 5.37. The highest BCUT2D eigenvalue weighted by Gasteiger charge is 2.15. The van der Waals surface area contributed by atoms with Gasteiger partial charge < -0.3 is 5.32 Å². The molecule has 0 aromatic carbocycles. The molecule has 1 aliphatic rings. The molecule has 0 bridgehead atoms. The van der Waals surface area contributed by atoms with Crippen molar-refractivity contribution < 1.29 is 0 Å². The van der Waals surface area contributed by atoms with Crippen molar-refractivity contribution in [1.29, 1.82) is 0 Å². The Morgan fingerprint density at radius 2 is 2.17 bits per heavy atom. The van der Waals surface area contributed by atoms with Crippen LogP contribution in [0.2, 0.25) is 0 Å². The van der Waals surface area contributed by atoms with Crippen LogP contribution in [0.1, 0.15) is 50.1 Å². The van der Waals surface area contributed by atoms with Gasteiger partial charge in [0.05, 0.1) is 5.69 Å². The highest BCUT2D eigenvalue weighted by molar-refractivity contribution is 5.26. The normalized spacial score (nSPS) is 19.4. The maximum absolute atomic E-state index is 4.63. The minimum atomic E-state index is 0.643. The average molecular weight is 247 g/mol. The molecule has 1 atom stereocenters. The van der Waals surface area contributed by atoms with Gasteiger partial charge in [-0.05, 0) is 32.1 Å². The second-order valence-corrected chi connectivity index (χ2v) is 5.06. The molecule has 0 saturated heterocycles. The minimum absolute atomic E-state index is 0.643. The molecule has 2 rings (SSSR count). The summed E-state index contributed by atoms with van der Waals surface area (Å²) in [5, 5.41) is 8.32. The summed E-state index contributed by atoms with van der Waals surface area (Å²) in [5.74, 6) is 0. The molecule has 100 valence electrons. The van der Waals surface area contributed by atoms with Crippen LogP contribution in [0.4, 0.5) is 0 Å². The van der Waals surface area contributed by atoms with Crippen LogP contribution in [-0.4, -0.2) is 15.8 Å². The number of nitrogens with one attached hydrogen (secondary N) is 1. The van der Waals surface area contributed by atoms with Gasteiger partial charge in [-0.1, -0.05) is 26.0 Å². The molecule has 1 heterocycles. The molecule has 1 aromatic rings. The summed E-state index contributed by atoms with van der Waals surface area (Å²) in [7, 11) is 2.06. The van der Waals surface area contributed by atoms with Crippen molar-refractivity contribution in [3.63, 3.8) is 0 Å². The molecule has 0 amide bonds. The van der Waals surface area contributed by atoms with E-state index in [-0.39, 0.29) is 0 Å². The SMILES string of the molecule is CCc1nn(C)c(CC)c1CN[C@H]1CC=CCC1. The van der Waals surface area contributed by atoms with E-state index >= 15 is 0 Å². The van der Waals surface area contributed by atoms with Crippen molar-refractivity contribution in [1.82, 2.24) is 15.1 Å². The summed E-state index contributed by atoms with van der Waals surface area (Å²) < 4.78 is 2.05. The maximum Gasteiger partial charge on any atom is 0.0669 e. The monoisotopic (exact) mass is 247 g/mol. The Balaban J connectivity index is 2.05. The summed E-state index contributed by atoms with van der Waals surface area (Å²) in [6.07, 6.45) is 10.3. The van der Waals surface area contributed by atoms with Gasteiger partial charge in [0.25, 0.3) is 0 Å². The number of aryl methyl sites for hydroxylation is 2. The minimum Gasteiger partial charge on any atom is -0.309 e. The fourth-order valence-corrected chi connectivity index (χ4v) is 2.82. The van der Waals surface area contributed by atoms with Crippen molar-refractivity contribution in [2.24, 2.45) is 7.05 Å². The number of hydrogen-bond donors (Lipinski definition) is 1. The van der Waals surface area contributed by atoms with Crippen molar-refractivity contribution in [3.8, 4) is 0 Å². The summed E-state index contributed by atoms with van der Waals surface area (Å²) in [6, 6.07) is 0.643. The molecule has 0 unspecified atom stereocenters. The van der Waals surface area contributed by atoms with Crippen molar-refractivity contribution in [2.75, 3.05) is 0 Å². The Morgan fingerprint density at radius 3 is 2.78 bits per heavy atom. The first-order valence-electron chi connectivity index (χ1n) is 7.18. The van der Waals surface area contributed by atoms with Crippen molar-refractivity contribution in [3.05, 3.63) is 29.1 Å². The summed E-state index contributed by atoms with van der Waals surface area (Å²) >= 11 is 0. The van der Waals surface area contributed by atoms with Crippen LogP contribution >= 0.6 is 0 Å². The number of allylic oxidation sites excluding steroid dienone is 1. The van der Waals surface area contributed by atoms with Crippen LogP contribution in [0.3, 0.4) is 0 Å². The Labute approximate surface area is 110 Å². The van der Waals surface area contributed by atoms with Crippen LogP contribution in [0.25, 0.3) is 0 Å². The molecule has 0 saturated carbocycles. The second kappa shape index (κ2) is 6.19. The Kier molecular flexibility index (Phi) is 4.59. The molecule has 1 aromatic heterocycles. The molecule has 0 radical (unpaired) electrons. The van der Waals surface area contributed by atoms with E-state index in [0.717, 1.165) is 19.4 Å². The Hall–Kier alpha value is -1.09. The third-order valence-corrected chi connectivity index (χ3v) is 3.86. The smallest absolute Gasteiger partial charge is 0.0669 e. The molecular weight excluding hydrogens is 222 g/mol. The van der Waals surface area contributed by atoms with Gasteiger partial charge in [0.15, 0.2) is 0 Å². The predicted octanol–water partition coefficient (Wildman–Crippen LogP) is 2.74. The van der Waals surface area contributed by atoms with E-state index in [1.165, 1.54) is 36.2 Å². The van der Waals surface area contributed by atoms with E-state index in [1.807, 2.05) is 0 Å². The van der Waals surface area contributed by atoms with Gasteiger partial charge in [-0.15, -0.1) is 0 Å². The zero-order chi connectivity index (χ0) is 13.0. The predicted molar refractivity (Wildman–Crippen MR) is 75.6 cm³/mol. The largest absolute Gasteiger partial charge is 0.309 e. The van der Waals surface area contributed by atoms with Crippen LogP contribution in [-0.2, 0) is 26.4 Å². The third-order valence-electron chi connectivity index (χ3n) is 3.86. The highest BCUT2D eigenvalue weighted by Crippen LogP contribution is 2.17. The number of hydrogen-bond acceptors (Lipinski definition) is 2. The van der Waals surface area contributed by atoms with E-state index in [9.17, 15) is 0 Å². The lowest BCUT2D eigenvalue weighted by Gasteiger charge is -2.19. The second-order valence-electron chi connectivity index (χ2n) is 5.06. The average Bonchev–Trinajstić information content (AvgIpc) is 2.73. The molecule has 0 spiro atoms. The van der Waals surface area contributed by atoms with E-state index in [2.05, 4.69) is 48.1 Å². The van der Waals surface area contributed by atoms with Gasteiger partial charge in [0, 0.05) is 30.9 Å². The molecule has 18 heavy (non-hydrogen) atoms. The number of rotatable bonds is 5. The summed E-state index contributed by atoms with van der Waals surface area (Å²) in [5.41, 5.74) is 4.07. The fraction of sp³-hybridized carbons (Fsp3) is 0.667. The van der Waals surface area contributed by atoms with E-state index < -0.39 is 0 Å². The standard InChI is InChI=1S/C15H25N3/c1-4-14-13(15(5-2)18(3)17-14)11-16-12-9-7-6-8-10-12/h6-7,12,16H,4-5,8-11H2,1-3H3/t12-/m0/s1. The van der Waals surface area contributed by atoms with E-state index in [1.54, 1.807) is 0 Å². The lowest BCUT2D eigenvalue weighted by molar-refractivity contribution is 0.472. The first-order chi connectivity index (χ1) is 8.76. The van der Waals surface area contributed by atoms with Gasteiger partial charge in [0.2, 0.25) is 0 Å². The van der Waals surface area contributed by atoms with Crippen LogP contribution in [0.5, 0.6) is 0 Å². The molecule has 3 nitrogen and oxygen atoms in total. The van der Waals surface area contributed by atoms with Gasteiger partial charge in [-0.3, -0.25) is 4.68 Å². The highest BCUT2D eigenvalue weighted by atomic mass is 15.3. The molecule has 3 heteroatoms. The lowest BCUT2D eigenvalue weighted by Crippen LogP contribution is -2.29. The molecule has 0 fully saturated rings. The first-order valence-corrected chi connectivity index (χ1v) is 7.18. The van der Waals surface area contributed by atoms with Crippen LogP contribution in [0, 0.1) is 0 Å². The zero-order valence-corrected chi connectivity index (χ0v) is 11.9. The van der Waals surface area contributed by atoms with Crippen molar-refractivity contribution in [2.45, 2.75) is 58.5 Å². The lowest BCUT2D eigenvalue weighted by atomic mass is 10.0. The zero-order valence-electron chi connectivity index (χ0n) is 11.9. The Bertz CT molecular complexity index is 418. The molecule has 1 N–H and O–H groups in total. The van der Waals surface area contributed by atoms with Gasteiger partial charge in [-0.25, -0.2) is 0 Å². The van der Waals surface area contributed by atoms with Gasteiger partial charge in [-0.2, -0.15) is 5.10 Å².